The molecule has 2 fully saturated rings. The van der Waals surface area contributed by atoms with Crippen molar-refractivity contribution in [2.45, 2.75) is 38.2 Å². The Hall–Kier alpha value is -1.39. The predicted octanol–water partition coefficient (Wildman–Crippen LogP) is 2.24. The normalized spacial score (nSPS) is 20.6. The fraction of sp³-hybridized carbons (Fsp3) is 0.632. The molecule has 1 amide bonds. The molecule has 0 radical (unpaired) electrons. The van der Waals surface area contributed by atoms with Crippen LogP contribution in [0.5, 0.6) is 0 Å². The summed E-state index contributed by atoms with van der Waals surface area (Å²) < 4.78 is 5.79. The van der Waals surface area contributed by atoms with E-state index in [2.05, 4.69) is 35.6 Å². The maximum Gasteiger partial charge on any atom is 0.248 e. The van der Waals surface area contributed by atoms with E-state index in [1.807, 2.05) is 4.90 Å². The molecule has 2 aliphatic heterocycles. The largest absolute Gasteiger partial charge is 0.368 e. The molecule has 2 heterocycles. The third-order valence-electron chi connectivity index (χ3n) is 5.06. The molecule has 126 valence electrons. The zero-order valence-electron chi connectivity index (χ0n) is 13.9. The van der Waals surface area contributed by atoms with Crippen LogP contribution in [0.4, 0.5) is 0 Å². The SMILES string of the molecule is O=C(COC1CCNCC1)N1CCC(Cc2ccccc2)CC1. The van der Waals surface area contributed by atoms with Gasteiger partial charge in [-0.25, -0.2) is 0 Å². The van der Waals surface area contributed by atoms with Gasteiger partial charge in [0.15, 0.2) is 0 Å². The highest BCUT2D eigenvalue weighted by atomic mass is 16.5. The average molecular weight is 316 g/mol. The van der Waals surface area contributed by atoms with Crippen LogP contribution in [0.25, 0.3) is 0 Å². The summed E-state index contributed by atoms with van der Waals surface area (Å²) in [6, 6.07) is 10.7. The summed E-state index contributed by atoms with van der Waals surface area (Å²) in [7, 11) is 0. The smallest absolute Gasteiger partial charge is 0.248 e. The summed E-state index contributed by atoms with van der Waals surface area (Å²) in [5, 5.41) is 3.32. The topological polar surface area (TPSA) is 41.6 Å². The molecule has 0 aliphatic carbocycles. The number of carbonyl (C=O) groups is 1. The Bertz CT molecular complexity index is 477. The number of likely N-dealkylation sites (tertiary alicyclic amines) is 1. The summed E-state index contributed by atoms with van der Waals surface area (Å²) in [6.45, 7) is 4.03. The number of benzene rings is 1. The third kappa shape index (κ3) is 5.05. The fourth-order valence-electron chi connectivity index (χ4n) is 3.58. The number of carbonyl (C=O) groups excluding carboxylic acids is 1. The second-order valence-corrected chi connectivity index (χ2v) is 6.77. The van der Waals surface area contributed by atoms with E-state index in [1.165, 1.54) is 5.56 Å². The van der Waals surface area contributed by atoms with Gasteiger partial charge in [0.1, 0.15) is 6.61 Å². The first-order chi connectivity index (χ1) is 11.3. The van der Waals surface area contributed by atoms with Crippen LogP contribution in [0, 0.1) is 5.92 Å². The lowest BCUT2D eigenvalue weighted by atomic mass is 9.90. The van der Waals surface area contributed by atoms with Gasteiger partial charge in [0.2, 0.25) is 5.91 Å². The molecular formula is C19H28N2O2. The highest BCUT2D eigenvalue weighted by Gasteiger charge is 2.24. The van der Waals surface area contributed by atoms with Crippen molar-refractivity contribution in [3.05, 3.63) is 35.9 Å². The van der Waals surface area contributed by atoms with Crippen LogP contribution >= 0.6 is 0 Å². The first-order valence-corrected chi connectivity index (χ1v) is 8.95. The molecule has 1 N–H and O–H groups in total. The highest BCUT2D eigenvalue weighted by Crippen LogP contribution is 2.22. The van der Waals surface area contributed by atoms with Crippen molar-refractivity contribution >= 4 is 5.91 Å². The molecular weight excluding hydrogens is 288 g/mol. The lowest BCUT2D eigenvalue weighted by Crippen LogP contribution is -2.42. The van der Waals surface area contributed by atoms with Crippen LogP contribution in [0.1, 0.15) is 31.2 Å². The molecule has 0 atom stereocenters. The minimum absolute atomic E-state index is 0.168. The minimum atomic E-state index is 0.168. The molecule has 23 heavy (non-hydrogen) atoms. The van der Waals surface area contributed by atoms with Crippen LogP contribution in [-0.2, 0) is 16.0 Å². The Morgan fingerprint density at radius 3 is 2.48 bits per heavy atom. The van der Waals surface area contributed by atoms with Crippen LogP contribution in [0.2, 0.25) is 0 Å². The number of piperidine rings is 2. The lowest BCUT2D eigenvalue weighted by molar-refractivity contribution is -0.140. The van der Waals surface area contributed by atoms with Crippen LogP contribution in [-0.4, -0.2) is 49.7 Å². The molecule has 2 aliphatic rings. The van der Waals surface area contributed by atoms with Gasteiger partial charge in [-0.3, -0.25) is 4.79 Å². The van der Waals surface area contributed by atoms with E-state index in [0.717, 1.165) is 58.3 Å². The van der Waals surface area contributed by atoms with E-state index in [-0.39, 0.29) is 18.6 Å². The number of ether oxygens (including phenoxy) is 1. The first kappa shape index (κ1) is 16.5. The molecule has 4 nitrogen and oxygen atoms in total. The molecule has 0 unspecified atom stereocenters. The van der Waals surface area contributed by atoms with Gasteiger partial charge in [0, 0.05) is 13.1 Å². The Labute approximate surface area is 139 Å². The van der Waals surface area contributed by atoms with Gasteiger partial charge in [0.05, 0.1) is 6.10 Å². The average Bonchev–Trinajstić information content (AvgIpc) is 2.62. The highest BCUT2D eigenvalue weighted by molar-refractivity contribution is 5.77. The maximum atomic E-state index is 12.3. The number of hydrogen-bond acceptors (Lipinski definition) is 3. The Balaban J connectivity index is 1.37. The van der Waals surface area contributed by atoms with Crippen molar-refractivity contribution < 1.29 is 9.53 Å². The summed E-state index contributed by atoms with van der Waals surface area (Å²) in [4.78, 5) is 14.3. The number of nitrogens with one attached hydrogen (secondary N) is 1. The quantitative estimate of drug-likeness (QED) is 0.906. The van der Waals surface area contributed by atoms with Crippen LogP contribution in [0.3, 0.4) is 0 Å². The maximum absolute atomic E-state index is 12.3. The van der Waals surface area contributed by atoms with Crippen molar-refractivity contribution in [3.8, 4) is 0 Å². The molecule has 1 aromatic rings. The zero-order valence-corrected chi connectivity index (χ0v) is 13.9. The summed E-state index contributed by atoms with van der Waals surface area (Å²) in [5.74, 6) is 0.869. The predicted molar refractivity (Wildman–Crippen MR) is 91.3 cm³/mol. The molecule has 0 aromatic heterocycles. The van der Waals surface area contributed by atoms with Gasteiger partial charge in [-0.05, 0) is 56.7 Å². The lowest BCUT2D eigenvalue weighted by Gasteiger charge is -2.32. The molecule has 0 bridgehead atoms. The minimum Gasteiger partial charge on any atom is -0.368 e. The second-order valence-electron chi connectivity index (χ2n) is 6.77. The Morgan fingerprint density at radius 1 is 1.09 bits per heavy atom. The van der Waals surface area contributed by atoms with Crippen molar-refractivity contribution in [2.75, 3.05) is 32.8 Å². The van der Waals surface area contributed by atoms with Gasteiger partial charge in [0.25, 0.3) is 0 Å². The number of rotatable bonds is 5. The Morgan fingerprint density at radius 2 is 1.78 bits per heavy atom. The van der Waals surface area contributed by atoms with Crippen molar-refractivity contribution in [3.63, 3.8) is 0 Å². The standard InChI is InChI=1S/C19H28N2O2/c22-19(15-23-18-6-10-20-11-7-18)21-12-8-17(9-13-21)14-16-4-2-1-3-5-16/h1-5,17-18,20H,6-15H2. The monoisotopic (exact) mass is 316 g/mol. The molecule has 0 saturated carbocycles. The third-order valence-corrected chi connectivity index (χ3v) is 5.06. The van der Waals surface area contributed by atoms with Gasteiger partial charge < -0.3 is 15.0 Å². The van der Waals surface area contributed by atoms with Crippen molar-refractivity contribution in [1.82, 2.24) is 10.2 Å². The van der Waals surface area contributed by atoms with Gasteiger partial charge in [-0.2, -0.15) is 0 Å². The van der Waals surface area contributed by atoms with Crippen LogP contribution < -0.4 is 5.32 Å². The van der Waals surface area contributed by atoms with E-state index in [9.17, 15) is 4.79 Å². The van der Waals surface area contributed by atoms with Gasteiger partial charge in [-0.15, -0.1) is 0 Å². The van der Waals surface area contributed by atoms with Crippen molar-refractivity contribution in [1.29, 1.82) is 0 Å². The molecule has 0 spiro atoms. The number of nitrogens with zero attached hydrogens (tertiary/aromatic N) is 1. The second kappa shape index (κ2) is 8.46. The summed E-state index contributed by atoms with van der Waals surface area (Å²) in [6.07, 6.45) is 5.64. The number of hydrogen-bond donors (Lipinski definition) is 1. The summed E-state index contributed by atoms with van der Waals surface area (Å²) >= 11 is 0. The molecule has 3 rings (SSSR count). The van der Waals surface area contributed by atoms with E-state index in [1.54, 1.807) is 0 Å². The molecule has 1 aromatic carbocycles. The van der Waals surface area contributed by atoms with E-state index in [4.69, 9.17) is 4.74 Å². The van der Waals surface area contributed by atoms with E-state index in [0.29, 0.717) is 5.92 Å². The van der Waals surface area contributed by atoms with E-state index < -0.39 is 0 Å². The number of amides is 1. The fourth-order valence-corrected chi connectivity index (χ4v) is 3.58. The molecule has 2 saturated heterocycles. The molecule has 4 heteroatoms. The summed E-state index contributed by atoms with van der Waals surface area (Å²) in [5.41, 5.74) is 1.41. The zero-order chi connectivity index (χ0) is 15.9. The first-order valence-electron chi connectivity index (χ1n) is 8.95. The van der Waals surface area contributed by atoms with Crippen LogP contribution in [0.15, 0.2) is 30.3 Å². The Kier molecular flexibility index (Phi) is 6.06. The van der Waals surface area contributed by atoms with Crippen molar-refractivity contribution in [2.24, 2.45) is 5.92 Å². The van der Waals surface area contributed by atoms with Gasteiger partial charge >= 0.3 is 0 Å². The van der Waals surface area contributed by atoms with E-state index >= 15 is 0 Å². The van der Waals surface area contributed by atoms with Gasteiger partial charge in [-0.1, -0.05) is 30.3 Å².